The molecule has 8 aromatic rings. The smallest absolute Gasteiger partial charge is 0.135 e. The third-order valence-corrected chi connectivity index (χ3v) is 7.63. The average Bonchev–Trinajstić information content (AvgIpc) is 3.53. The van der Waals surface area contributed by atoms with Gasteiger partial charge >= 0.3 is 0 Å². The highest BCUT2D eigenvalue weighted by Gasteiger charge is 2.17. The largest absolute Gasteiger partial charge is 0.456 e. The van der Waals surface area contributed by atoms with Crippen LogP contribution in [0.1, 0.15) is 0 Å². The molecular formula is C36H23NO. The number of furan rings is 1. The lowest BCUT2D eigenvalue weighted by molar-refractivity contribution is 0.669. The minimum atomic E-state index is 0.915. The van der Waals surface area contributed by atoms with Crippen molar-refractivity contribution in [1.82, 2.24) is 4.57 Å². The maximum absolute atomic E-state index is 6.10. The normalized spacial score (nSPS) is 11.7. The van der Waals surface area contributed by atoms with Crippen LogP contribution < -0.4 is 0 Å². The highest BCUT2D eigenvalue weighted by molar-refractivity contribution is 6.10. The van der Waals surface area contributed by atoms with Gasteiger partial charge in [-0.1, -0.05) is 103 Å². The molecule has 0 aliphatic carbocycles. The molecule has 2 heterocycles. The first-order chi connectivity index (χ1) is 18.9. The Labute approximate surface area is 220 Å². The molecule has 38 heavy (non-hydrogen) atoms. The van der Waals surface area contributed by atoms with Crippen molar-refractivity contribution in [2.24, 2.45) is 0 Å². The van der Waals surface area contributed by atoms with Crippen LogP contribution in [-0.2, 0) is 0 Å². The predicted octanol–water partition coefficient (Wildman–Crippen LogP) is 10.0. The Bertz CT molecular complexity index is 2090. The van der Waals surface area contributed by atoms with E-state index in [1.807, 2.05) is 12.1 Å². The van der Waals surface area contributed by atoms with Crippen LogP contribution in [0, 0.1) is 0 Å². The maximum Gasteiger partial charge on any atom is 0.135 e. The van der Waals surface area contributed by atoms with Crippen molar-refractivity contribution < 1.29 is 4.42 Å². The topological polar surface area (TPSA) is 18.1 Å². The minimum Gasteiger partial charge on any atom is -0.456 e. The summed E-state index contributed by atoms with van der Waals surface area (Å²) in [6.07, 6.45) is 0. The molecule has 178 valence electrons. The minimum absolute atomic E-state index is 0.915. The van der Waals surface area contributed by atoms with Crippen molar-refractivity contribution >= 4 is 43.7 Å². The molecule has 0 saturated carbocycles. The number of nitrogens with zero attached hydrogens (tertiary/aromatic N) is 1. The third-order valence-electron chi connectivity index (χ3n) is 7.63. The number of rotatable bonds is 3. The Hall–Kier alpha value is -5.08. The second kappa shape index (κ2) is 8.22. The summed E-state index contributed by atoms with van der Waals surface area (Å²) in [4.78, 5) is 0. The fraction of sp³-hybridized carbons (Fsp3) is 0. The molecule has 0 aliphatic heterocycles. The van der Waals surface area contributed by atoms with Gasteiger partial charge in [0.2, 0.25) is 0 Å². The maximum atomic E-state index is 6.10. The van der Waals surface area contributed by atoms with Crippen molar-refractivity contribution in [2.45, 2.75) is 0 Å². The molecule has 0 fully saturated rings. The zero-order chi connectivity index (χ0) is 25.1. The van der Waals surface area contributed by atoms with Crippen molar-refractivity contribution in [3.63, 3.8) is 0 Å². The van der Waals surface area contributed by atoms with Crippen LogP contribution in [0.5, 0.6) is 0 Å². The van der Waals surface area contributed by atoms with Crippen LogP contribution in [0.25, 0.3) is 71.7 Å². The second-order valence-electron chi connectivity index (χ2n) is 9.74. The van der Waals surface area contributed by atoms with Crippen LogP contribution in [0.2, 0.25) is 0 Å². The molecule has 2 nitrogen and oxygen atoms in total. The Balaban J connectivity index is 1.39. The van der Waals surface area contributed by atoms with Gasteiger partial charge in [0.25, 0.3) is 0 Å². The predicted molar refractivity (Wildman–Crippen MR) is 159 cm³/mol. The lowest BCUT2D eigenvalue weighted by Gasteiger charge is -2.17. The van der Waals surface area contributed by atoms with Gasteiger partial charge in [-0.2, -0.15) is 0 Å². The first-order valence-electron chi connectivity index (χ1n) is 13.0. The number of para-hydroxylation sites is 4. The Morgan fingerprint density at radius 3 is 1.71 bits per heavy atom. The van der Waals surface area contributed by atoms with E-state index >= 15 is 0 Å². The van der Waals surface area contributed by atoms with Crippen molar-refractivity contribution in [2.75, 3.05) is 0 Å². The first kappa shape index (κ1) is 21.0. The van der Waals surface area contributed by atoms with Gasteiger partial charge in [-0.25, -0.2) is 0 Å². The van der Waals surface area contributed by atoms with Gasteiger partial charge in [0.05, 0.1) is 16.7 Å². The monoisotopic (exact) mass is 485 g/mol. The van der Waals surface area contributed by atoms with Crippen molar-refractivity contribution in [3.05, 3.63) is 140 Å². The van der Waals surface area contributed by atoms with E-state index < -0.39 is 0 Å². The SMILES string of the molecule is c1ccc(-c2ccccc2-n2c3ccccc3c3ccccc32)c(-c2ccc3oc4ccccc4c3c2)c1. The fourth-order valence-electron chi connectivity index (χ4n) is 5.94. The van der Waals surface area contributed by atoms with Crippen molar-refractivity contribution in [1.29, 1.82) is 0 Å². The summed E-state index contributed by atoms with van der Waals surface area (Å²) in [5.41, 5.74) is 10.2. The standard InChI is InChI=1S/C36H23NO/c1-2-12-26(25(11-1)24-21-22-36-31(23-24)30-16-6-10-20-35(30)38-36)27-13-3-7-17-32(27)37-33-18-8-4-14-28(33)29-15-5-9-19-34(29)37/h1-23H. The molecular weight excluding hydrogens is 462 g/mol. The van der Waals surface area contributed by atoms with Crippen LogP contribution in [0.4, 0.5) is 0 Å². The molecule has 0 radical (unpaired) electrons. The van der Waals surface area contributed by atoms with E-state index in [1.165, 1.54) is 49.7 Å². The van der Waals surface area contributed by atoms with E-state index in [0.29, 0.717) is 0 Å². The van der Waals surface area contributed by atoms with Gasteiger partial charge in [0.1, 0.15) is 11.2 Å². The molecule has 0 saturated heterocycles. The molecule has 0 aliphatic rings. The lowest BCUT2D eigenvalue weighted by atomic mass is 9.92. The molecule has 0 spiro atoms. The zero-order valence-electron chi connectivity index (χ0n) is 20.6. The molecule has 2 heteroatoms. The summed E-state index contributed by atoms with van der Waals surface area (Å²) >= 11 is 0. The summed E-state index contributed by atoms with van der Waals surface area (Å²) < 4.78 is 8.51. The molecule has 2 aromatic heterocycles. The first-order valence-corrected chi connectivity index (χ1v) is 13.0. The molecule has 6 aromatic carbocycles. The number of aromatic nitrogens is 1. The Morgan fingerprint density at radius 1 is 0.395 bits per heavy atom. The second-order valence-corrected chi connectivity index (χ2v) is 9.74. The Morgan fingerprint density at radius 2 is 0.947 bits per heavy atom. The van der Waals surface area contributed by atoms with Gasteiger partial charge in [0, 0.05) is 27.1 Å². The number of hydrogen-bond donors (Lipinski definition) is 0. The molecule has 0 amide bonds. The van der Waals surface area contributed by atoms with Gasteiger partial charge < -0.3 is 8.98 Å². The molecule has 0 bridgehead atoms. The van der Waals surface area contributed by atoms with Crippen LogP contribution in [0.15, 0.2) is 144 Å². The van der Waals surface area contributed by atoms with E-state index in [4.69, 9.17) is 4.42 Å². The van der Waals surface area contributed by atoms with Crippen LogP contribution >= 0.6 is 0 Å². The summed E-state index contributed by atoms with van der Waals surface area (Å²) in [7, 11) is 0. The molecule has 8 rings (SSSR count). The number of benzene rings is 6. The van der Waals surface area contributed by atoms with Crippen LogP contribution in [0.3, 0.4) is 0 Å². The van der Waals surface area contributed by atoms with E-state index in [-0.39, 0.29) is 0 Å². The van der Waals surface area contributed by atoms with Crippen molar-refractivity contribution in [3.8, 4) is 27.9 Å². The van der Waals surface area contributed by atoms with E-state index in [2.05, 4.69) is 132 Å². The van der Waals surface area contributed by atoms with Gasteiger partial charge in [-0.3, -0.25) is 0 Å². The molecule has 0 atom stereocenters. The van der Waals surface area contributed by atoms with E-state index in [9.17, 15) is 0 Å². The lowest BCUT2D eigenvalue weighted by Crippen LogP contribution is -1.97. The molecule has 0 unspecified atom stereocenters. The summed E-state index contributed by atoms with van der Waals surface area (Å²) in [5.74, 6) is 0. The van der Waals surface area contributed by atoms with Gasteiger partial charge in [-0.05, 0) is 53.1 Å². The Kier molecular flexibility index (Phi) is 4.55. The zero-order valence-corrected chi connectivity index (χ0v) is 20.6. The van der Waals surface area contributed by atoms with Crippen LogP contribution in [-0.4, -0.2) is 4.57 Å². The summed E-state index contributed by atoms with van der Waals surface area (Å²) in [5, 5.41) is 4.82. The van der Waals surface area contributed by atoms with Gasteiger partial charge in [-0.15, -0.1) is 0 Å². The highest BCUT2D eigenvalue weighted by atomic mass is 16.3. The van der Waals surface area contributed by atoms with Gasteiger partial charge in [0.15, 0.2) is 0 Å². The third kappa shape index (κ3) is 3.07. The van der Waals surface area contributed by atoms with E-state index in [1.54, 1.807) is 0 Å². The summed E-state index contributed by atoms with van der Waals surface area (Å²) in [6, 6.07) is 49.6. The van der Waals surface area contributed by atoms with E-state index in [0.717, 1.165) is 21.9 Å². The average molecular weight is 486 g/mol. The highest BCUT2D eigenvalue weighted by Crippen LogP contribution is 2.40. The fourth-order valence-corrected chi connectivity index (χ4v) is 5.94. The quantitative estimate of drug-likeness (QED) is 0.243. The summed E-state index contributed by atoms with van der Waals surface area (Å²) in [6.45, 7) is 0. The number of hydrogen-bond acceptors (Lipinski definition) is 1. The molecule has 0 N–H and O–H groups in total. The number of fused-ring (bicyclic) bond motifs is 6.